The lowest BCUT2D eigenvalue weighted by Crippen LogP contribution is -2.33. The molecule has 0 bridgehead atoms. The van der Waals surface area contributed by atoms with E-state index in [4.69, 9.17) is 0 Å². The largest absolute Gasteiger partial charge is 0.478 e. The second-order valence-corrected chi connectivity index (χ2v) is 7.98. The molecule has 0 unspecified atom stereocenters. The Hall–Kier alpha value is -4.41. The highest BCUT2D eigenvalue weighted by atomic mass is 19.1. The van der Waals surface area contributed by atoms with Crippen molar-refractivity contribution in [1.29, 1.82) is 0 Å². The molecule has 35 heavy (non-hydrogen) atoms. The summed E-state index contributed by atoms with van der Waals surface area (Å²) < 4.78 is 15.2. The number of nitrogens with one attached hydrogen (secondary N) is 1. The molecule has 180 valence electrons. The predicted octanol–water partition coefficient (Wildman–Crippen LogP) is 3.47. The number of nitrogens with zero attached hydrogens (tertiary/aromatic N) is 6. The number of anilines is 1. The maximum absolute atomic E-state index is 13.7. The number of carboxylic acids is 1. The van der Waals surface area contributed by atoms with Gasteiger partial charge in [0.05, 0.1) is 18.3 Å². The van der Waals surface area contributed by atoms with Crippen molar-refractivity contribution in [3.8, 4) is 0 Å². The molecule has 1 amide bonds. The van der Waals surface area contributed by atoms with Crippen LogP contribution in [0.2, 0.25) is 0 Å². The van der Waals surface area contributed by atoms with Gasteiger partial charge < -0.3 is 9.67 Å². The zero-order valence-corrected chi connectivity index (χ0v) is 19.1. The quantitative estimate of drug-likeness (QED) is 0.358. The first-order chi connectivity index (χ1) is 17.0. The summed E-state index contributed by atoms with van der Waals surface area (Å²) in [6, 6.07) is 12.3. The average molecular weight is 478 g/mol. The van der Waals surface area contributed by atoms with Crippen LogP contribution in [0.1, 0.15) is 57.6 Å². The number of aromatic carboxylic acids is 1. The van der Waals surface area contributed by atoms with Crippen molar-refractivity contribution in [3.05, 3.63) is 88.8 Å². The number of halogens is 1. The summed E-state index contributed by atoms with van der Waals surface area (Å²) in [4.78, 5) is 30.8. The van der Waals surface area contributed by atoms with E-state index in [-0.39, 0.29) is 23.9 Å². The molecule has 2 aromatic heterocycles. The number of tetrazole rings is 1. The summed E-state index contributed by atoms with van der Waals surface area (Å²) in [5, 5.41) is 23.0. The van der Waals surface area contributed by atoms with Gasteiger partial charge in [0.15, 0.2) is 0 Å². The van der Waals surface area contributed by atoms with Gasteiger partial charge in [-0.25, -0.2) is 14.2 Å². The highest BCUT2D eigenvalue weighted by Crippen LogP contribution is 2.19. The maximum atomic E-state index is 13.7. The zero-order valence-electron chi connectivity index (χ0n) is 19.1. The van der Waals surface area contributed by atoms with E-state index in [1.807, 2.05) is 4.57 Å². The summed E-state index contributed by atoms with van der Waals surface area (Å²) in [7, 11) is 0. The summed E-state index contributed by atoms with van der Waals surface area (Å²) in [6.45, 7) is 2.50. The topological polar surface area (TPSA) is 130 Å². The normalized spacial score (nSPS) is 10.9. The van der Waals surface area contributed by atoms with Crippen molar-refractivity contribution in [3.63, 3.8) is 0 Å². The molecule has 10 nitrogen and oxygen atoms in total. The summed E-state index contributed by atoms with van der Waals surface area (Å²) >= 11 is 0. The molecular weight excluding hydrogens is 453 g/mol. The van der Waals surface area contributed by atoms with Crippen LogP contribution in [0.3, 0.4) is 0 Å². The van der Waals surface area contributed by atoms with Crippen LogP contribution in [0.15, 0.2) is 54.7 Å². The number of aromatic nitrogens is 6. The number of hydrogen-bond acceptors (Lipinski definition) is 6. The van der Waals surface area contributed by atoms with E-state index in [0.29, 0.717) is 24.2 Å². The van der Waals surface area contributed by atoms with Gasteiger partial charge in [-0.15, -0.1) is 5.10 Å². The minimum atomic E-state index is -1.00. The van der Waals surface area contributed by atoms with Gasteiger partial charge in [0.1, 0.15) is 17.3 Å². The lowest BCUT2D eigenvalue weighted by Gasteiger charge is -2.20. The van der Waals surface area contributed by atoms with Crippen LogP contribution < -0.4 is 4.90 Å². The van der Waals surface area contributed by atoms with Crippen LogP contribution >= 0.6 is 0 Å². The Balaban J connectivity index is 1.68. The maximum Gasteiger partial charge on any atom is 0.335 e. The molecule has 0 saturated heterocycles. The Labute approximate surface area is 200 Å². The zero-order chi connectivity index (χ0) is 24.8. The standard InChI is InChI=1S/C24H24FN7O3/c1-2-3-4-21-26-13-20(31(21)14-16-5-9-18(10-6-16)23(34)35)22(33)32(24-27-29-30-28-24)15-17-7-11-19(25)12-8-17/h5-13H,2-4,14-15H2,1H3,(H,34,35)(H,27,28,29,30). The number of carbonyl (C=O) groups is 2. The highest BCUT2D eigenvalue weighted by Gasteiger charge is 2.26. The monoisotopic (exact) mass is 477 g/mol. The lowest BCUT2D eigenvalue weighted by molar-refractivity contribution is 0.0696. The Morgan fingerprint density at radius 2 is 1.80 bits per heavy atom. The van der Waals surface area contributed by atoms with E-state index in [1.165, 1.54) is 35.4 Å². The number of carboxylic acid groups (broad SMARTS) is 1. The van der Waals surface area contributed by atoms with Crippen LogP contribution in [0, 0.1) is 5.82 Å². The molecule has 0 spiro atoms. The molecule has 11 heteroatoms. The van der Waals surface area contributed by atoms with Gasteiger partial charge >= 0.3 is 5.97 Å². The number of aromatic amines is 1. The third-order valence-corrected chi connectivity index (χ3v) is 5.53. The Bertz CT molecular complexity index is 1290. The number of aryl methyl sites for hydroxylation is 1. The molecule has 2 heterocycles. The first-order valence-corrected chi connectivity index (χ1v) is 11.1. The molecule has 0 aliphatic heterocycles. The van der Waals surface area contributed by atoms with Gasteiger partial charge in [0.25, 0.3) is 11.9 Å². The number of imidazole rings is 1. The first-order valence-electron chi connectivity index (χ1n) is 11.1. The predicted molar refractivity (Wildman–Crippen MR) is 124 cm³/mol. The van der Waals surface area contributed by atoms with Gasteiger partial charge in [0.2, 0.25) is 0 Å². The molecule has 0 atom stereocenters. The van der Waals surface area contributed by atoms with Crippen molar-refractivity contribution < 1.29 is 19.1 Å². The molecular formula is C24H24FN7O3. The van der Waals surface area contributed by atoms with Crippen LogP contribution in [-0.4, -0.2) is 47.2 Å². The lowest BCUT2D eigenvalue weighted by atomic mass is 10.1. The highest BCUT2D eigenvalue weighted by molar-refractivity contribution is 6.03. The minimum absolute atomic E-state index is 0.0768. The number of unbranched alkanes of at least 4 members (excludes halogenated alkanes) is 1. The average Bonchev–Trinajstić information content (AvgIpc) is 3.53. The molecule has 0 radical (unpaired) electrons. The van der Waals surface area contributed by atoms with E-state index in [1.54, 1.807) is 24.3 Å². The first kappa shape index (κ1) is 23.7. The van der Waals surface area contributed by atoms with E-state index in [2.05, 4.69) is 32.5 Å². The minimum Gasteiger partial charge on any atom is -0.478 e. The molecule has 0 aliphatic carbocycles. The van der Waals surface area contributed by atoms with Crippen molar-refractivity contribution in [2.45, 2.75) is 39.3 Å². The number of carbonyl (C=O) groups excluding carboxylic acids is 1. The fraction of sp³-hybridized carbons (Fsp3) is 0.250. The second kappa shape index (κ2) is 10.7. The smallest absolute Gasteiger partial charge is 0.335 e. The van der Waals surface area contributed by atoms with Gasteiger partial charge in [0, 0.05) is 13.0 Å². The van der Waals surface area contributed by atoms with E-state index < -0.39 is 11.9 Å². The number of benzene rings is 2. The molecule has 0 fully saturated rings. The Morgan fingerprint density at radius 3 is 2.43 bits per heavy atom. The molecule has 2 N–H and O–H groups in total. The molecule has 4 aromatic rings. The second-order valence-electron chi connectivity index (χ2n) is 7.98. The summed E-state index contributed by atoms with van der Waals surface area (Å²) in [5.74, 6) is -0.956. The van der Waals surface area contributed by atoms with Gasteiger partial charge in [-0.05, 0) is 47.0 Å². The molecule has 4 rings (SSSR count). The van der Waals surface area contributed by atoms with Crippen LogP contribution in [0.4, 0.5) is 10.3 Å². The fourth-order valence-corrected chi connectivity index (χ4v) is 3.65. The van der Waals surface area contributed by atoms with Gasteiger partial charge in [-0.2, -0.15) is 5.21 Å². The third kappa shape index (κ3) is 5.57. The van der Waals surface area contributed by atoms with Crippen molar-refractivity contribution in [2.24, 2.45) is 0 Å². The van der Waals surface area contributed by atoms with Crippen molar-refractivity contribution in [1.82, 2.24) is 30.2 Å². The van der Waals surface area contributed by atoms with E-state index in [0.717, 1.165) is 24.2 Å². The van der Waals surface area contributed by atoms with Crippen LogP contribution in [0.25, 0.3) is 0 Å². The molecule has 2 aromatic carbocycles. The number of rotatable bonds is 10. The van der Waals surface area contributed by atoms with Crippen molar-refractivity contribution >= 4 is 17.8 Å². The SMILES string of the molecule is CCCCc1ncc(C(=O)N(Cc2ccc(F)cc2)c2nn[nH]n2)n1Cc1ccc(C(=O)O)cc1. The molecule has 0 saturated carbocycles. The van der Waals surface area contributed by atoms with Gasteiger partial charge in [-0.1, -0.05) is 42.7 Å². The number of amides is 1. The van der Waals surface area contributed by atoms with Crippen LogP contribution in [0.5, 0.6) is 0 Å². The molecule has 0 aliphatic rings. The number of hydrogen-bond donors (Lipinski definition) is 2. The Morgan fingerprint density at radius 1 is 1.09 bits per heavy atom. The van der Waals surface area contributed by atoms with Gasteiger partial charge in [-0.3, -0.25) is 9.69 Å². The fourth-order valence-electron chi connectivity index (χ4n) is 3.65. The Kier molecular flexibility index (Phi) is 7.24. The van der Waals surface area contributed by atoms with Crippen LogP contribution in [-0.2, 0) is 19.5 Å². The van der Waals surface area contributed by atoms with E-state index >= 15 is 0 Å². The van der Waals surface area contributed by atoms with E-state index in [9.17, 15) is 19.1 Å². The third-order valence-electron chi connectivity index (χ3n) is 5.53. The van der Waals surface area contributed by atoms with Crippen molar-refractivity contribution in [2.75, 3.05) is 4.90 Å². The number of H-pyrrole nitrogens is 1. The summed E-state index contributed by atoms with van der Waals surface area (Å²) in [6.07, 6.45) is 4.06. The summed E-state index contributed by atoms with van der Waals surface area (Å²) in [5.41, 5.74) is 2.02.